The normalized spacial score (nSPS) is 25.3. The number of nitrogens with zero attached hydrogens (tertiary/aromatic N) is 4. The number of aromatic nitrogens is 3. The van der Waals surface area contributed by atoms with E-state index in [1.54, 1.807) is 4.40 Å². The maximum absolute atomic E-state index is 12.7. The van der Waals surface area contributed by atoms with Gasteiger partial charge in [0.2, 0.25) is 0 Å². The Balaban J connectivity index is 1.27. The summed E-state index contributed by atoms with van der Waals surface area (Å²) < 4.78 is 1.68. The molecule has 26 heavy (non-hydrogen) atoms. The van der Waals surface area contributed by atoms with Crippen LogP contribution < -0.4 is 5.56 Å². The van der Waals surface area contributed by atoms with Crippen molar-refractivity contribution in [3.63, 3.8) is 0 Å². The molecule has 0 bridgehead atoms. The Bertz CT molecular complexity index is 996. The summed E-state index contributed by atoms with van der Waals surface area (Å²) in [7, 11) is 0. The summed E-state index contributed by atoms with van der Waals surface area (Å²) in [5, 5.41) is 1.92. The van der Waals surface area contributed by atoms with Gasteiger partial charge in [0.1, 0.15) is 0 Å². The number of hydrogen-bond donors (Lipinski definition) is 0. The first-order chi connectivity index (χ1) is 12.7. The molecule has 1 saturated carbocycles. The fourth-order valence-corrected chi connectivity index (χ4v) is 5.49. The molecule has 4 heterocycles. The zero-order valence-electron chi connectivity index (χ0n) is 14.8. The van der Waals surface area contributed by atoms with Crippen LogP contribution in [0.2, 0.25) is 0 Å². The van der Waals surface area contributed by atoms with Gasteiger partial charge in [-0.3, -0.25) is 14.2 Å². The van der Waals surface area contributed by atoms with E-state index >= 15 is 0 Å². The van der Waals surface area contributed by atoms with Gasteiger partial charge in [-0.05, 0) is 49.1 Å². The second-order valence-corrected chi connectivity index (χ2v) is 8.47. The third kappa shape index (κ3) is 2.59. The summed E-state index contributed by atoms with van der Waals surface area (Å²) in [5.74, 6) is 2.22. The van der Waals surface area contributed by atoms with Crippen molar-refractivity contribution in [3.05, 3.63) is 63.3 Å². The summed E-state index contributed by atoms with van der Waals surface area (Å²) in [6, 6.07) is 4.25. The number of pyridine rings is 1. The van der Waals surface area contributed by atoms with Crippen molar-refractivity contribution in [3.8, 4) is 0 Å². The molecule has 0 radical (unpaired) electrons. The van der Waals surface area contributed by atoms with Crippen molar-refractivity contribution in [1.82, 2.24) is 19.3 Å². The SMILES string of the molecule is Cc1nc2sccn2c(=O)c1CCN1CC2CC(c3cccnc3)C2C1. The Kier molecular flexibility index (Phi) is 3.90. The summed E-state index contributed by atoms with van der Waals surface area (Å²) in [6.07, 6.45) is 7.76. The van der Waals surface area contributed by atoms with Gasteiger partial charge in [0.15, 0.2) is 4.96 Å². The van der Waals surface area contributed by atoms with Gasteiger partial charge in [-0.1, -0.05) is 6.07 Å². The second kappa shape index (κ2) is 6.28. The van der Waals surface area contributed by atoms with Crippen LogP contribution in [0.5, 0.6) is 0 Å². The molecule has 0 amide bonds. The highest BCUT2D eigenvalue weighted by atomic mass is 32.1. The van der Waals surface area contributed by atoms with Crippen LogP contribution in [0.3, 0.4) is 0 Å². The molecule has 2 fully saturated rings. The van der Waals surface area contributed by atoms with Crippen molar-refractivity contribution in [2.24, 2.45) is 11.8 Å². The largest absolute Gasteiger partial charge is 0.302 e. The number of fused-ring (bicyclic) bond motifs is 2. The minimum absolute atomic E-state index is 0.101. The average molecular weight is 366 g/mol. The predicted molar refractivity (Wildman–Crippen MR) is 103 cm³/mol. The minimum Gasteiger partial charge on any atom is -0.302 e. The Morgan fingerprint density at radius 3 is 3.12 bits per heavy atom. The number of aryl methyl sites for hydroxylation is 1. The first-order valence-corrected chi connectivity index (χ1v) is 10.2. The molecule has 3 aromatic heterocycles. The molecule has 0 spiro atoms. The topological polar surface area (TPSA) is 50.5 Å². The molecular weight excluding hydrogens is 344 g/mol. The Labute approximate surface area is 156 Å². The maximum atomic E-state index is 12.7. The van der Waals surface area contributed by atoms with Crippen molar-refractivity contribution in [2.45, 2.75) is 25.7 Å². The highest BCUT2D eigenvalue weighted by Crippen LogP contribution is 2.51. The minimum atomic E-state index is 0.101. The van der Waals surface area contributed by atoms with Gasteiger partial charge in [-0.2, -0.15) is 0 Å². The van der Waals surface area contributed by atoms with Gasteiger partial charge in [-0.15, -0.1) is 11.3 Å². The average Bonchev–Trinajstić information content (AvgIpc) is 3.22. The van der Waals surface area contributed by atoms with Crippen LogP contribution >= 0.6 is 11.3 Å². The monoisotopic (exact) mass is 366 g/mol. The van der Waals surface area contributed by atoms with E-state index in [1.165, 1.54) is 23.3 Å². The Morgan fingerprint density at radius 1 is 1.35 bits per heavy atom. The molecule has 0 N–H and O–H groups in total. The third-order valence-electron chi connectivity index (χ3n) is 6.20. The predicted octanol–water partition coefficient (Wildman–Crippen LogP) is 2.74. The van der Waals surface area contributed by atoms with Crippen LogP contribution in [0.25, 0.3) is 4.96 Å². The van der Waals surface area contributed by atoms with Crippen molar-refractivity contribution in [2.75, 3.05) is 19.6 Å². The standard InChI is InChI=1S/C20H22N4OS/c1-13-16(19(25)24-7-8-26-20(24)22-13)4-6-23-11-15-9-17(18(15)12-23)14-3-2-5-21-10-14/h2-3,5,7-8,10,15,17-18H,4,6,9,11-12H2,1H3. The molecule has 3 atom stereocenters. The highest BCUT2D eigenvalue weighted by molar-refractivity contribution is 7.15. The Hall–Kier alpha value is -2.05. The van der Waals surface area contributed by atoms with Crippen LogP contribution in [0.4, 0.5) is 0 Å². The van der Waals surface area contributed by atoms with E-state index in [0.29, 0.717) is 5.92 Å². The quantitative estimate of drug-likeness (QED) is 0.712. The molecule has 134 valence electrons. The van der Waals surface area contributed by atoms with Crippen molar-refractivity contribution in [1.29, 1.82) is 0 Å². The van der Waals surface area contributed by atoms with Crippen molar-refractivity contribution < 1.29 is 0 Å². The molecular formula is C20H22N4OS. The first kappa shape index (κ1) is 16.1. The van der Waals surface area contributed by atoms with Crippen LogP contribution in [-0.2, 0) is 6.42 Å². The van der Waals surface area contributed by atoms with E-state index in [1.807, 2.05) is 37.0 Å². The van der Waals surface area contributed by atoms with Crippen LogP contribution in [0.15, 0.2) is 40.9 Å². The number of hydrogen-bond acceptors (Lipinski definition) is 5. The molecule has 2 aliphatic rings. The lowest BCUT2D eigenvalue weighted by molar-refractivity contribution is 0.190. The van der Waals surface area contributed by atoms with Crippen LogP contribution in [0, 0.1) is 18.8 Å². The van der Waals surface area contributed by atoms with E-state index < -0.39 is 0 Å². The molecule has 3 aromatic rings. The van der Waals surface area contributed by atoms with E-state index in [-0.39, 0.29) is 5.56 Å². The molecule has 6 heteroatoms. The highest BCUT2D eigenvalue weighted by Gasteiger charge is 2.47. The van der Waals surface area contributed by atoms with Crippen LogP contribution in [-0.4, -0.2) is 38.9 Å². The first-order valence-electron chi connectivity index (χ1n) is 9.28. The number of thiazole rings is 1. The smallest absolute Gasteiger partial charge is 0.261 e. The molecule has 5 nitrogen and oxygen atoms in total. The Morgan fingerprint density at radius 2 is 2.27 bits per heavy atom. The van der Waals surface area contributed by atoms with Crippen molar-refractivity contribution >= 4 is 16.3 Å². The maximum Gasteiger partial charge on any atom is 0.261 e. The lowest BCUT2D eigenvalue weighted by atomic mass is 9.64. The van der Waals surface area contributed by atoms with E-state index in [0.717, 1.165) is 54.1 Å². The van der Waals surface area contributed by atoms with Gasteiger partial charge in [0.05, 0.1) is 0 Å². The summed E-state index contributed by atoms with van der Waals surface area (Å²) in [6.45, 7) is 5.21. The van der Waals surface area contributed by atoms with E-state index in [4.69, 9.17) is 0 Å². The zero-order valence-corrected chi connectivity index (χ0v) is 15.7. The van der Waals surface area contributed by atoms with Gasteiger partial charge in [0.25, 0.3) is 5.56 Å². The number of rotatable bonds is 4. The molecule has 1 aliphatic carbocycles. The van der Waals surface area contributed by atoms with E-state index in [2.05, 4.69) is 20.9 Å². The lowest BCUT2D eigenvalue weighted by Gasteiger charge is -2.39. The lowest BCUT2D eigenvalue weighted by Crippen LogP contribution is -2.33. The fraction of sp³-hybridized carbons (Fsp3) is 0.450. The summed E-state index contributed by atoms with van der Waals surface area (Å²) in [5.41, 5.74) is 3.23. The van der Waals surface area contributed by atoms with Crippen LogP contribution in [0.1, 0.15) is 29.2 Å². The van der Waals surface area contributed by atoms with Gasteiger partial charge in [-0.25, -0.2) is 4.98 Å². The molecule has 5 rings (SSSR count). The molecule has 1 saturated heterocycles. The molecule has 1 aliphatic heterocycles. The van der Waals surface area contributed by atoms with Gasteiger partial charge >= 0.3 is 0 Å². The third-order valence-corrected chi connectivity index (χ3v) is 6.95. The molecule has 3 unspecified atom stereocenters. The summed E-state index contributed by atoms with van der Waals surface area (Å²) in [4.78, 5) is 24.9. The van der Waals surface area contributed by atoms with Gasteiger partial charge in [0, 0.05) is 54.9 Å². The van der Waals surface area contributed by atoms with E-state index in [9.17, 15) is 4.79 Å². The zero-order chi connectivity index (χ0) is 17.7. The van der Waals surface area contributed by atoms with Gasteiger partial charge < -0.3 is 4.90 Å². The second-order valence-electron chi connectivity index (χ2n) is 7.60. The number of likely N-dealkylation sites (tertiary alicyclic amines) is 1. The summed E-state index contributed by atoms with van der Waals surface area (Å²) >= 11 is 1.51. The fourth-order valence-electron chi connectivity index (χ4n) is 4.74. The molecule has 0 aromatic carbocycles.